The second-order valence-electron chi connectivity index (χ2n) is 6.75. The van der Waals surface area contributed by atoms with Crippen molar-refractivity contribution in [3.63, 3.8) is 0 Å². The van der Waals surface area contributed by atoms with Gasteiger partial charge < -0.3 is 14.5 Å². The first-order valence-electron chi connectivity index (χ1n) is 8.39. The molecule has 1 N–H and O–H groups in total. The molecule has 0 aromatic carbocycles. The zero-order chi connectivity index (χ0) is 16.2. The van der Waals surface area contributed by atoms with Gasteiger partial charge in [0.2, 0.25) is 0 Å². The molecule has 2 fully saturated rings. The molecule has 23 heavy (non-hydrogen) atoms. The molecule has 1 atom stereocenters. The van der Waals surface area contributed by atoms with Crippen LogP contribution in [0.4, 0.5) is 10.6 Å². The van der Waals surface area contributed by atoms with E-state index in [4.69, 9.17) is 4.74 Å². The first-order valence-corrected chi connectivity index (χ1v) is 8.39. The van der Waals surface area contributed by atoms with Crippen LogP contribution >= 0.6 is 0 Å². The van der Waals surface area contributed by atoms with Crippen LogP contribution in [0.5, 0.6) is 0 Å². The van der Waals surface area contributed by atoms with E-state index in [2.05, 4.69) is 22.2 Å². The van der Waals surface area contributed by atoms with E-state index < -0.39 is 0 Å². The highest BCUT2D eigenvalue weighted by molar-refractivity contribution is 5.88. The Morgan fingerprint density at radius 2 is 2.26 bits per heavy atom. The van der Waals surface area contributed by atoms with Crippen molar-refractivity contribution in [2.24, 2.45) is 5.92 Å². The monoisotopic (exact) mass is 318 g/mol. The number of amides is 2. The molecule has 2 amide bonds. The molecule has 0 radical (unpaired) electrons. The fourth-order valence-electron chi connectivity index (χ4n) is 2.91. The number of hydrogen-bond donors (Lipinski definition) is 1. The minimum absolute atomic E-state index is 0.0872. The summed E-state index contributed by atoms with van der Waals surface area (Å²) in [5.74, 6) is 1.46. The van der Waals surface area contributed by atoms with E-state index in [0.717, 1.165) is 24.6 Å². The zero-order valence-corrected chi connectivity index (χ0v) is 14.0. The quantitative estimate of drug-likeness (QED) is 0.902. The summed E-state index contributed by atoms with van der Waals surface area (Å²) in [7, 11) is 2.14. The molecular weight excluding hydrogens is 292 g/mol. The Morgan fingerprint density at radius 1 is 1.43 bits per heavy atom. The molecule has 6 nitrogen and oxygen atoms in total. The van der Waals surface area contributed by atoms with E-state index in [-0.39, 0.29) is 12.1 Å². The molecule has 1 aliphatic carbocycles. The first-order chi connectivity index (χ1) is 11.1. The third-order valence-electron chi connectivity index (χ3n) is 4.35. The molecular formula is C17H26N4O2. The normalized spacial score (nSPS) is 21.5. The van der Waals surface area contributed by atoms with Crippen molar-refractivity contribution in [3.05, 3.63) is 23.9 Å². The third kappa shape index (κ3) is 4.91. The Kier molecular flexibility index (Phi) is 5.13. The molecule has 2 heterocycles. The van der Waals surface area contributed by atoms with Gasteiger partial charge in [-0.25, -0.2) is 9.78 Å². The number of rotatable bonds is 5. The summed E-state index contributed by atoms with van der Waals surface area (Å²) in [6.45, 7) is 5.84. The van der Waals surface area contributed by atoms with Crippen molar-refractivity contribution >= 4 is 11.8 Å². The maximum atomic E-state index is 12.4. The smallest absolute Gasteiger partial charge is 0.323 e. The van der Waals surface area contributed by atoms with Crippen molar-refractivity contribution in [1.82, 2.24) is 14.8 Å². The number of nitrogens with zero attached hydrogens (tertiary/aromatic N) is 3. The fourth-order valence-corrected chi connectivity index (χ4v) is 2.91. The largest absolute Gasteiger partial charge is 0.373 e. The first kappa shape index (κ1) is 16.2. The van der Waals surface area contributed by atoms with E-state index in [1.807, 2.05) is 24.0 Å². The molecule has 1 saturated heterocycles. The molecule has 0 spiro atoms. The van der Waals surface area contributed by atoms with Crippen LogP contribution in [0.2, 0.25) is 0 Å². The van der Waals surface area contributed by atoms with Crippen LogP contribution in [-0.2, 0) is 4.74 Å². The fraction of sp³-hybridized carbons (Fsp3) is 0.647. The lowest BCUT2D eigenvalue weighted by Crippen LogP contribution is -2.50. The van der Waals surface area contributed by atoms with E-state index >= 15 is 0 Å². The lowest BCUT2D eigenvalue weighted by Gasteiger charge is -2.34. The average Bonchev–Trinajstić information content (AvgIpc) is 3.33. The number of pyridine rings is 1. The molecule has 0 bridgehead atoms. The lowest BCUT2D eigenvalue weighted by atomic mass is 10.2. The minimum atomic E-state index is -0.0977. The van der Waals surface area contributed by atoms with Gasteiger partial charge >= 0.3 is 6.03 Å². The summed E-state index contributed by atoms with van der Waals surface area (Å²) >= 11 is 0. The Bertz CT molecular complexity index is 530. The topological polar surface area (TPSA) is 57.7 Å². The highest BCUT2D eigenvalue weighted by Crippen LogP contribution is 2.29. The molecule has 1 unspecified atom stereocenters. The number of carbonyl (C=O) groups is 1. The Hall–Kier alpha value is -1.66. The second-order valence-corrected chi connectivity index (χ2v) is 6.75. The van der Waals surface area contributed by atoms with Crippen LogP contribution in [-0.4, -0.2) is 66.8 Å². The van der Waals surface area contributed by atoms with Crippen LogP contribution in [0.1, 0.15) is 18.4 Å². The van der Waals surface area contributed by atoms with Gasteiger partial charge in [0.05, 0.1) is 12.7 Å². The van der Waals surface area contributed by atoms with Gasteiger partial charge in [0, 0.05) is 32.4 Å². The number of ether oxygens (including phenoxy) is 1. The number of hydrogen-bond acceptors (Lipinski definition) is 4. The molecule has 2 aliphatic rings. The summed E-state index contributed by atoms with van der Waals surface area (Å²) in [6, 6.07) is 3.67. The molecule has 1 aliphatic heterocycles. The van der Waals surface area contributed by atoms with Crippen LogP contribution in [0.25, 0.3) is 0 Å². The van der Waals surface area contributed by atoms with Gasteiger partial charge in [-0.1, -0.05) is 6.07 Å². The predicted molar refractivity (Wildman–Crippen MR) is 89.5 cm³/mol. The van der Waals surface area contributed by atoms with Gasteiger partial charge in [0.15, 0.2) is 0 Å². The van der Waals surface area contributed by atoms with Gasteiger partial charge in [-0.05, 0) is 44.4 Å². The van der Waals surface area contributed by atoms with Crippen LogP contribution in [0.3, 0.4) is 0 Å². The average molecular weight is 318 g/mol. The van der Waals surface area contributed by atoms with E-state index in [9.17, 15) is 4.79 Å². The molecule has 6 heteroatoms. The number of urea groups is 1. The molecule has 1 aromatic rings. The number of likely N-dealkylation sites (N-methyl/N-ethyl adjacent to an activating group) is 1. The lowest BCUT2D eigenvalue weighted by molar-refractivity contribution is -0.0261. The summed E-state index contributed by atoms with van der Waals surface area (Å²) in [5.41, 5.74) is 1.08. The SMILES string of the molecule is Cc1ccc(NC(=O)N2CCOC(CN(C)CC3CC3)C2)nc1. The van der Waals surface area contributed by atoms with Gasteiger partial charge in [-0.2, -0.15) is 0 Å². The Balaban J connectivity index is 1.48. The summed E-state index contributed by atoms with van der Waals surface area (Å²) < 4.78 is 5.82. The highest BCUT2D eigenvalue weighted by atomic mass is 16.5. The summed E-state index contributed by atoms with van der Waals surface area (Å²) in [5, 5.41) is 2.86. The molecule has 3 rings (SSSR count). The second kappa shape index (κ2) is 7.27. The number of carbonyl (C=O) groups excluding carboxylic acids is 1. The molecule has 126 valence electrons. The standard InChI is InChI=1S/C17H26N4O2/c1-13-3-6-16(18-9-13)19-17(22)21-7-8-23-15(12-21)11-20(2)10-14-4-5-14/h3,6,9,14-15H,4-5,7-8,10-12H2,1-2H3,(H,18,19,22). The van der Waals surface area contributed by atoms with E-state index in [1.165, 1.54) is 12.8 Å². The van der Waals surface area contributed by atoms with E-state index in [0.29, 0.717) is 25.5 Å². The van der Waals surface area contributed by atoms with Crippen molar-refractivity contribution in [1.29, 1.82) is 0 Å². The van der Waals surface area contributed by atoms with Gasteiger partial charge in [0.25, 0.3) is 0 Å². The highest BCUT2D eigenvalue weighted by Gasteiger charge is 2.28. The van der Waals surface area contributed by atoms with Crippen molar-refractivity contribution in [2.45, 2.75) is 25.9 Å². The van der Waals surface area contributed by atoms with Gasteiger partial charge in [-0.3, -0.25) is 5.32 Å². The van der Waals surface area contributed by atoms with Crippen molar-refractivity contribution in [2.75, 3.05) is 45.2 Å². The van der Waals surface area contributed by atoms with Gasteiger partial charge in [-0.15, -0.1) is 0 Å². The number of anilines is 1. The van der Waals surface area contributed by atoms with Gasteiger partial charge in [0.1, 0.15) is 5.82 Å². The maximum Gasteiger partial charge on any atom is 0.323 e. The minimum Gasteiger partial charge on any atom is -0.373 e. The summed E-state index contributed by atoms with van der Waals surface area (Å²) in [6.07, 6.45) is 4.55. The van der Waals surface area contributed by atoms with Crippen molar-refractivity contribution in [3.8, 4) is 0 Å². The number of aromatic nitrogens is 1. The number of aryl methyl sites for hydroxylation is 1. The summed E-state index contributed by atoms with van der Waals surface area (Å²) in [4.78, 5) is 20.7. The van der Waals surface area contributed by atoms with Crippen LogP contribution < -0.4 is 5.32 Å². The molecule has 1 aromatic heterocycles. The Labute approximate surface area is 137 Å². The van der Waals surface area contributed by atoms with E-state index in [1.54, 1.807) is 6.20 Å². The third-order valence-corrected chi connectivity index (χ3v) is 4.35. The maximum absolute atomic E-state index is 12.4. The molecule has 1 saturated carbocycles. The van der Waals surface area contributed by atoms with Crippen LogP contribution in [0.15, 0.2) is 18.3 Å². The Morgan fingerprint density at radius 3 is 2.96 bits per heavy atom. The van der Waals surface area contributed by atoms with Crippen LogP contribution in [0, 0.1) is 12.8 Å². The number of nitrogens with one attached hydrogen (secondary N) is 1. The zero-order valence-electron chi connectivity index (χ0n) is 14.0. The number of morpholine rings is 1. The predicted octanol–water partition coefficient (Wildman–Crippen LogP) is 1.96. The van der Waals surface area contributed by atoms with Crippen molar-refractivity contribution < 1.29 is 9.53 Å².